The van der Waals surface area contributed by atoms with Crippen molar-refractivity contribution >= 4 is 28.3 Å². The fourth-order valence-electron chi connectivity index (χ4n) is 11.8. The van der Waals surface area contributed by atoms with Gasteiger partial charge in [-0.15, -0.1) is 0 Å². The van der Waals surface area contributed by atoms with Crippen molar-refractivity contribution in [3.63, 3.8) is 0 Å². The lowest BCUT2D eigenvalue weighted by molar-refractivity contribution is -0.134. The molecule has 13 nitrogen and oxygen atoms in total. The fraction of sp³-hybridized carbons (Fsp3) is 0.365. The number of hydrogen-bond donors (Lipinski definition) is 10. The average Bonchev–Trinajstić information content (AvgIpc) is 3.93. The van der Waals surface area contributed by atoms with Gasteiger partial charge in [0.2, 0.25) is 5.75 Å². The van der Waals surface area contributed by atoms with E-state index in [4.69, 9.17) is 9.47 Å². The number of aliphatic hydroxyl groups is 2. The van der Waals surface area contributed by atoms with E-state index in [1.807, 2.05) is 49.7 Å². The van der Waals surface area contributed by atoms with Crippen LogP contribution in [0.3, 0.4) is 0 Å². The number of methoxy groups -OCH3 is 2. The summed E-state index contributed by atoms with van der Waals surface area (Å²) in [5, 5.41) is 81.0. The maximum absolute atomic E-state index is 16.2. The number of aliphatic hydroxyl groups excluding tert-OH is 2. The first kappa shape index (κ1) is 43.8. The number of aryl methyl sites for hydroxylation is 1. The zero-order valence-corrected chi connectivity index (χ0v) is 36.9. The van der Waals surface area contributed by atoms with Crippen molar-refractivity contribution < 1.29 is 44.9 Å². The van der Waals surface area contributed by atoms with Crippen LogP contribution in [0.2, 0.25) is 0 Å². The Morgan fingerprint density at radius 3 is 2.57 bits per heavy atom. The molecule has 3 heterocycles. The van der Waals surface area contributed by atoms with Gasteiger partial charge in [0, 0.05) is 53.8 Å². The second-order valence-corrected chi connectivity index (χ2v) is 18.3. The van der Waals surface area contributed by atoms with Crippen molar-refractivity contribution in [3.05, 3.63) is 130 Å². The number of allylic oxidation sites excluding steroid dienone is 2. The zero-order valence-electron chi connectivity index (χ0n) is 36.9. The van der Waals surface area contributed by atoms with Gasteiger partial charge in [-0.05, 0) is 151 Å². The molecule has 4 aromatic carbocycles. The molecule has 65 heavy (non-hydrogen) atoms. The number of fused-ring (bicyclic) bond motifs is 2. The van der Waals surface area contributed by atoms with Gasteiger partial charge in [0.1, 0.15) is 17.4 Å². The molecule has 0 saturated heterocycles. The van der Waals surface area contributed by atoms with Gasteiger partial charge in [-0.25, -0.2) is 0 Å². The van der Waals surface area contributed by atoms with Gasteiger partial charge in [0.15, 0.2) is 23.0 Å². The van der Waals surface area contributed by atoms with Crippen LogP contribution in [0.15, 0.2) is 103 Å². The second kappa shape index (κ2) is 17.5. The highest BCUT2D eigenvalue weighted by molar-refractivity contribution is 6.01. The van der Waals surface area contributed by atoms with Gasteiger partial charge in [-0.2, -0.15) is 0 Å². The molecule has 0 amide bonds. The molecule has 10 N–H and O–H groups in total. The number of aromatic nitrogens is 1. The highest BCUT2D eigenvalue weighted by Crippen LogP contribution is 2.59. The number of aromatic amines is 1. The number of anilines is 1. The number of likely N-dealkylation sites (N-methyl/N-ethyl adjacent to an activating group) is 1. The lowest BCUT2D eigenvalue weighted by Crippen LogP contribution is -2.50. The maximum atomic E-state index is 16.2. The Hall–Kier alpha value is -6.41. The number of benzene rings is 4. The van der Waals surface area contributed by atoms with E-state index in [0.29, 0.717) is 62.3 Å². The third-order valence-corrected chi connectivity index (χ3v) is 14.6. The number of phenols is 4. The normalized spacial score (nSPS) is 25.4. The number of carbonyl (C=O) groups excluding carboxylic acids is 1. The summed E-state index contributed by atoms with van der Waals surface area (Å²) < 4.78 is 11.0. The first-order valence-electron chi connectivity index (χ1n) is 22.4. The van der Waals surface area contributed by atoms with Gasteiger partial charge in [-0.3, -0.25) is 4.79 Å². The molecule has 1 aromatic heterocycles. The molecule has 1 spiro atoms. The molecule has 2 aliphatic carbocycles. The molecule has 2 aliphatic heterocycles. The van der Waals surface area contributed by atoms with Crippen molar-refractivity contribution in [1.29, 1.82) is 0 Å². The molecular weight excluding hydrogens is 825 g/mol. The van der Waals surface area contributed by atoms with E-state index in [9.17, 15) is 30.6 Å². The van der Waals surface area contributed by atoms with Gasteiger partial charge >= 0.3 is 0 Å². The molecule has 1 fully saturated rings. The van der Waals surface area contributed by atoms with E-state index in [1.54, 1.807) is 36.4 Å². The topological polar surface area (TPSA) is 209 Å². The quantitative estimate of drug-likeness (QED) is 0.0607. The Morgan fingerprint density at radius 1 is 0.969 bits per heavy atom. The summed E-state index contributed by atoms with van der Waals surface area (Å²) >= 11 is 0. The summed E-state index contributed by atoms with van der Waals surface area (Å²) in [4.78, 5) is 19.5. The number of dihydropyridines is 1. The van der Waals surface area contributed by atoms with Gasteiger partial charge in [0.05, 0.1) is 32.3 Å². The fourth-order valence-corrected chi connectivity index (χ4v) is 11.8. The van der Waals surface area contributed by atoms with E-state index >= 15 is 4.79 Å². The number of ether oxygens (including phenoxy) is 2. The van der Waals surface area contributed by atoms with Crippen LogP contribution in [0.5, 0.6) is 34.5 Å². The highest BCUT2D eigenvalue weighted by Gasteiger charge is 2.58. The molecule has 2 bridgehead atoms. The number of Topliss-reactive ketones (excluding diaryl/α,β-unsaturated/α-hetero) is 1. The predicted octanol–water partition coefficient (Wildman–Crippen LogP) is 7.03. The van der Waals surface area contributed by atoms with Crippen molar-refractivity contribution in [2.24, 2.45) is 17.3 Å². The van der Waals surface area contributed by atoms with Crippen LogP contribution in [-0.2, 0) is 23.1 Å². The molecule has 5 aromatic rings. The average molecular weight is 883 g/mol. The van der Waals surface area contributed by atoms with Crippen LogP contribution >= 0.6 is 0 Å². The number of H-pyrrole nitrogens is 1. The van der Waals surface area contributed by atoms with Crippen LogP contribution < -0.4 is 25.4 Å². The molecule has 1 saturated carbocycles. The second-order valence-electron chi connectivity index (χ2n) is 18.3. The molecule has 7 atom stereocenters. The van der Waals surface area contributed by atoms with Gasteiger partial charge in [0.25, 0.3) is 0 Å². The third-order valence-electron chi connectivity index (χ3n) is 14.6. The maximum Gasteiger partial charge on any atom is 0.200 e. The highest BCUT2D eigenvalue weighted by atomic mass is 16.5. The first-order valence-corrected chi connectivity index (χ1v) is 22.4. The summed E-state index contributed by atoms with van der Waals surface area (Å²) in [5.41, 5.74) is 3.91. The summed E-state index contributed by atoms with van der Waals surface area (Å²) in [6.07, 6.45) is 10.2. The summed E-state index contributed by atoms with van der Waals surface area (Å²) in [6.45, 7) is 0.863. The van der Waals surface area contributed by atoms with E-state index in [-0.39, 0.29) is 41.6 Å². The minimum Gasteiger partial charge on any atom is -0.508 e. The van der Waals surface area contributed by atoms with Gasteiger partial charge < -0.3 is 61.0 Å². The van der Waals surface area contributed by atoms with Crippen molar-refractivity contribution in [3.8, 4) is 34.5 Å². The SMILES string of the molecule is CNC[C@@]12C=Cc3cc(O)cc4ccc(c1c34)NC1=CC(=CCN1)[C@]1(CC[C@@H](O)[C@H]1Cc1ccc[nH]1)[C@@H]([C@H](O)CCc1ccc(O)c(OC)c1)C(=O)C[C@H](c1cc(O)c(O)c(OC)c1)C2. The van der Waals surface area contributed by atoms with Crippen LogP contribution in [0.25, 0.3) is 16.8 Å². The number of hydrogen-bond acceptors (Lipinski definition) is 12. The van der Waals surface area contributed by atoms with E-state index < -0.39 is 46.5 Å². The molecule has 0 unspecified atom stereocenters. The Bertz CT molecular complexity index is 2710. The number of nitrogens with one attached hydrogen (secondary N) is 4. The van der Waals surface area contributed by atoms with Crippen molar-refractivity contribution in [2.45, 2.75) is 68.5 Å². The Morgan fingerprint density at radius 2 is 1.80 bits per heavy atom. The minimum atomic E-state index is -1.19. The largest absolute Gasteiger partial charge is 0.508 e. The number of phenolic OH excluding ortho intramolecular Hbond substituents is 4. The molecule has 0 radical (unpaired) electrons. The Labute approximate surface area is 378 Å². The van der Waals surface area contributed by atoms with E-state index in [1.165, 1.54) is 20.3 Å². The van der Waals surface area contributed by atoms with Crippen LogP contribution in [-0.4, -0.2) is 88.0 Å². The molecule has 13 heteroatoms. The monoisotopic (exact) mass is 882 g/mol. The Balaban J connectivity index is 1.28. The predicted molar refractivity (Wildman–Crippen MR) is 249 cm³/mol. The lowest BCUT2D eigenvalue weighted by Gasteiger charge is -2.47. The third kappa shape index (κ3) is 7.85. The molecule has 4 aliphatic rings. The number of ketones is 1. The molecule has 9 rings (SSSR count). The molecular formula is C52H58N4O9. The zero-order chi connectivity index (χ0) is 45.6. The minimum absolute atomic E-state index is 0.00127. The van der Waals surface area contributed by atoms with Crippen molar-refractivity contribution in [2.75, 3.05) is 39.7 Å². The number of aromatic hydroxyl groups is 4. The van der Waals surface area contributed by atoms with Gasteiger partial charge in [-0.1, -0.05) is 30.4 Å². The van der Waals surface area contributed by atoms with E-state index in [2.05, 4.69) is 33.1 Å². The van der Waals surface area contributed by atoms with Crippen LogP contribution in [0.1, 0.15) is 66.0 Å². The summed E-state index contributed by atoms with van der Waals surface area (Å²) in [6, 6.07) is 19.7. The number of carbonyl (C=O) groups is 1. The van der Waals surface area contributed by atoms with Crippen LogP contribution in [0.4, 0.5) is 5.69 Å². The molecule has 340 valence electrons. The lowest BCUT2D eigenvalue weighted by atomic mass is 9.57. The smallest absolute Gasteiger partial charge is 0.200 e. The van der Waals surface area contributed by atoms with Crippen molar-refractivity contribution in [1.82, 2.24) is 15.6 Å². The Kier molecular flexibility index (Phi) is 11.8. The van der Waals surface area contributed by atoms with Crippen LogP contribution in [0, 0.1) is 17.3 Å². The standard InChI is InChI=1S/C52H58N4O9/c1-53-28-51-15-12-31-21-36(57)20-30-8-9-38(48(51)47(30)31)56-46-25-34(14-18-55-46)52(16-13-39(58)37(52)26-35-5-4-17-54-35)49(41(60)11-7-29-6-10-40(59)44(19-29)64-2)42(61)23-33(27-51)32-22-43(62)50(63)45(24-32)65-3/h4-6,8-10,12,14-15,17,19-22,24-25,33,37,39,41,49,53-60,62-63H,7,11,13,16,18,23,26-28H2,1-3H3/t33-,37+,39+,41+,49-,51-,52-/m0/s1. The van der Waals surface area contributed by atoms with E-state index in [0.717, 1.165) is 44.4 Å². The summed E-state index contributed by atoms with van der Waals surface area (Å²) in [7, 11) is 4.78. The summed E-state index contributed by atoms with van der Waals surface area (Å²) in [5.74, 6) is -1.92. The first-order chi connectivity index (χ1) is 31.4. The number of rotatable bonds is 11.